The summed E-state index contributed by atoms with van der Waals surface area (Å²) in [5.41, 5.74) is 1.30. The van der Waals surface area contributed by atoms with Gasteiger partial charge in [0.2, 0.25) is 11.8 Å². The summed E-state index contributed by atoms with van der Waals surface area (Å²) in [5.74, 6) is 0.335. The highest BCUT2D eigenvalue weighted by molar-refractivity contribution is 6.06. The second-order valence-corrected chi connectivity index (χ2v) is 5.37. The quantitative estimate of drug-likeness (QED) is 0.559. The van der Waals surface area contributed by atoms with Crippen LogP contribution in [0.25, 0.3) is 0 Å². The average molecular weight is 243 g/mol. The van der Waals surface area contributed by atoms with Gasteiger partial charge in [-0.3, -0.25) is 14.5 Å². The lowest BCUT2D eigenvalue weighted by Crippen LogP contribution is -2.33. The van der Waals surface area contributed by atoms with Crippen LogP contribution in [-0.2, 0) is 9.59 Å². The molecule has 0 aromatic carbocycles. The van der Waals surface area contributed by atoms with Gasteiger partial charge in [0.05, 0.1) is 11.8 Å². The Labute approximate surface area is 107 Å². The molecule has 1 aliphatic heterocycles. The van der Waals surface area contributed by atoms with Crippen molar-refractivity contribution in [3.63, 3.8) is 0 Å². The SMILES string of the molecule is C=CCC1=CC2CC1C1C(=O)N(CC=C)C(=O)C21. The molecule has 1 saturated heterocycles. The van der Waals surface area contributed by atoms with Gasteiger partial charge >= 0.3 is 0 Å². The fraction of sp³-hybridized carbons (Fsp3) is 0.467. The van der Waals surface area contributed by atoms with Crippen molar-refractivity contribution in [2.75, 3.05) is 6.54 Å². The Morgan fingerprint density at radius 2 is 1.94 bits per heavy atom. The van der Waals surface area contributed by atoms with E-state index in [-0.39, 0.29) is 35.5 Å². The van der Waals surface area contributed by atoms with Gasteiger partial charge in [0.1, 0.15) is 0 Å². The van der Waals surface area contributed by atoms with Crippen LogP contribution in [0.1, 0.15) is 12.8 Å². The van der Waals surface area contributed by atoms with Crippen molar-refractivity contribution < 1.29 is 9.59 Å². The minimum atomic E-state index is -0.109. The third kappa shape index (κ3) is 1.30. The van der Waals surface area contributed by atoms with E-state index >= 15 is 0 Å². The van der Waals surface area contributed by atoms with Crippen LogP contribution in [0.4, 0.5) is 0 Å². The Bertz CT molecular complexity index is 477. The van der Waals surface area contributed by atoms with E-state index in [2.05, 4.69) is 19.2 Å². The monoisotopic (exact) mass is 243 g/mol. The number of likely N-dealkylation sites (tertiary alicyclic amines) is 1. The number of hydrogen-bond acceptors (Lipinski definition) is 2. The second-order valence-electron chi connectivity index (χ2n) is 5.37. The van der Waals surface area contributed by atoms with E-state index in [1.165, 1.54) is 10.5 Å². The first-order valence-corrected chi connectivity index (χ1v) is 6.46. The first-order valence-electron chi connectivity index (χ1n) is 6.46. The van der Waals surface area contributed by atoms with Crippen molar-refractivity contribution in [2.24, 2.45) is 23.7 Å². The van der Waals surface area contributed by atoms with Gasteiger partial charge in [-0.2, -0.15) is 0 Å². The summed E-state index contributed by atoms with van der Waals surface area (Å²) in [7, 11) is 0. The predicted molar refractivity (Wildman–Crippen MR) is 68.4 cm³/mol. The number of carbonyl (C=O) groups excluding carboxylic acids is 2. The molecule has 0 spiro atoms. The molecule has 0 aromatic rings. The van der Waals surface area contributed by atoms with Gasteiger partial charge < -0.3 is 0 Å². The zero-order valence-electron chi connectivity index (χ0n) is 10.3. The average Bonchev–Trinajstić information content (AvgIpc) is 2.97. The molecule has 0 radical (unpaired) electrons. The minimum Gasteiger partial charge on any atom is -0.278 e. The van der Waals surface area contributed by atoms with Crippen LogP contribution in [0.2, 0.25) is 0 Å². The summed E-state index contributed by atoms with van der Waals surface area (Å²) in [6.07, 6.45) is 7.52. The van der Waals surface area contributed by atoms with Gasteiger partial charge in [0.15, 0.2) is 0 Å². The maximum absolute atomic E-state index is 12.3. The molecular weight excluding hydrogens is 226 g/mol. The third-order valence-corrected chi connectivity index (χ3v) is 4.51. The van der Waals surface area contributed by atoms with Crippen LogP contribution >= 0.6 is 0 Å². The van der Waals surface area contributed by atoms with Crippen molar-refractivity contribution in [1.29, 1.82) is 0 Å². The Balaban J connectivity index is 1.91. The van der Waals surface area contributed by atoms with Gasteiger partial charge in [-0.05, 0) is 24.7 Å². The van der Waals surface area contributed by atoms with Crippen molar-refractivity contribution in [3.8, 4) is 0 Å². The zero-order chi connectivity index (χ0) is 12.9. The van der Waals surface area contributed by atoms with Gasteiger partial charge in [-0.1, -0.05) is 23.8 Å². The van der Waals surface area contributed by atoms with Gasteiger partial charge in [0, 0.05) is 6.54 Å². The number of hydrogen-bond donors (Lipinski definition) is 0. The molecule has 2 amide bonds. The number of amides is 2. The van der Waals surface area contributed by atoms with Crippen molar-refractivity contribution >= 4 is 11.8 Å². The molecular formula is C15H17NO2. The molecule has 3 nitrogen and oxygen atoms in total. The zero-order valence-corrected chi connectivity index (χ0v) is 10.3. The van der Waals surface area contributed by atoms with E-state index in [0.717, 1.165) is 12.8 Å². The van der Waals surface area contributed by atoms with Gasteiger partial charge in [-0.25, -0.2) is 0 Å². The molecule has 2 bridgehead atoms. The molecule has 0 N–H and O–H groups in total. The number of allylic oxidation sites excluding steroid dienone is 3. The lowest BCUT2D eigenvalue weighted by atomic mass is 9.80. The number of rotatable bonds is 4. The van der Waals surface area contributed by atoms with Crippen molar-refractivity contribution in [1.82, 2.24) is 4.90 Å². The van der Waals surface area contributed by atoms with E-state index in [0.29, 0.717) is 6.54 Å². The number of nitrogens with zero attached hydrogens (tertiary/aromatic N) is 1. The predicted octanol–water partition coefficient (Wildman–Crippen LogP) is 1.93. The van der Waals surface area contributed by atoms with E-state index in [1.54, 1.807) is 6.08 Å². The van der Waals surface area contributed by atoms with E-state index < -0.39 is 0 Å². The fourth-order valence-electron chi connectivity index (χ4n) is 3.88. The normalized spacial score (nSPS) is 36.9. The summed E-state index contributed by atoms with van der Waals surface area (Å²) in [6.45, 7) is 7.72. The number of imide groups is 1. The van der Waals surface area contributed by atoms with E-state index in [9.17, 15) is 9.59 Å². The molecule has 3 rings (SSSR count). The van der Waals surface area contributed by atoms with Gasteiger partial charge in [-0.15, -0.1) is 13.2 Å². The van der Waals surface area contributed by atoms with Gasteiger partial charge in [0.25, 0.3) is 0 Å². The smallest absolute Gasteiger partial charge is 0.234 e. The molecule has 3 heteroatoms. The first kappa shape index (κ1) is 11.5. The second kappa shape index (κ2) is 3.94. The minimum absolute atomic E-state index is 0.00584. The summed E-state index contributed by atoms with van der Waals surface area (Å²) in [4.78, 5) is 26.0. The Morgan fingerprint density at radius 3 is 2.61 bits per heavy atom. The van der Waals surface area contributed by atoms with Crippen molar-refractivity contribution in [3.05, 3.63) is 37.0 Å². The summed E-state index contributed by atoms with van der Waals surface area (Å²) in [5, 5.41) is 0. The highest BCUT2D eigenvalue weighted by Gasteiger charge is 2.60. The summed E-state index contributed by atoms with van der Waals surface area (Å²) in [6, 6.07) is 0. The van der Waals surface area contributed by atoms with Crippen LogP contribution in [0.3, 0.4) is 0 Å². The maximum atomic E-state index is 12.3. The Hall–Kier alpha value is -1.64. The Kier molecular flexibility index (Phi) is 2.51. The molecule has 94 valence electrons. The molecule has 4 unspecified atom stereocenters. The first-order chi connectivity index (χ1) is 8.69. The molecule has 1 saturated carbocycles. The largest absolute Gasteiger partial charge is 0.278 e. The van der Waals surface area contributed by atoms with Crippen LogP contribution < -0.4 is 0 Å². The topological polar surface area (TPSA) is 37.4 Å². The standard InChI is InChI=1S/C15H17NO2/c1-3-5-9-7-10-8-11(9)13-12(10)14(17)16(6-4-2)15(13)18/h3-4,7,10-13H,1-2,5-6,8H2. The summed E-state index contributed by atoms with van der Waals surface area (Å²) >= 11 is 0. The van der Waals surface area contributed by atoms with Crippen LogP contribution in [0.5, 0.6) is 0 Å². The molecule has 0 aromatic heterocycles. The molecule has 1 heterocycles. The lowest BCUT2D eigenvalue weighted by molar-refractivity contribution is -0.140. The van der Waals surface area contributed by atoms with Crippen LogP contribution in [0.15, 0.2) is 37.0 Å². The Morgan fingerprint density at radius 1 is 1.22 bits per heavy atom. The van der Waals surface area contributed by atoms with Crippen molar-refractivity contribution in [2.45, 2.75) is 12.8 Å². The van der Waals surface area contributed by atoms with Crippen LogP contribution in [0, 0.1) is 23.7 Å². The molecule has 3 aliphatic rings. The lowest BCUT2D eigenvalue weighted by Gasteiger charge is -2.20. The molecule has 4 atom stereocenters. The van der Waals surface area contributed by atoms with E-state index in [1.807, 2.05) is 6.08 Å². The number of fused-ring (bicyclic) bond motifs is 5. The van der Waals surface area contributed by atoms with Crippen LogP contribution in [-0.4, -0.2) is 23.3 Å². The molecule has 2 aliphatic carbocycles. The molecule has 18 heavy (non-hydrogen) atoms. The summed E-state index contributed by atoms with van der Waals surface area (Å²) < 4.78 is 0. The third-order valence-electron chi connectivity index (χ3n) is 4.51. The van der Waals surface area contributed by atoms with E-state index in [4.69, 9.17) is 0 Å². The molecule has 2 fully saturated rings. The highest BCUT2D eigenvalue weighted by Crippen LogP contribution is 2.56. The number of carbonyl (C=O) groups is 2. The maximum Gasteiger partial charge on any atom is 0.234 e. The fourth-order valence-corrected chi connectivity index (χ4v) is 3.88. The highest BCUT2D eigenvalue weighted by atomic mass is 16.2.